The second kappa shape index (κ2) is 6.22. The Balaban J connectivity index is 2.62. The van der Waals surface area contributed by atoms with Crippen LogP contribution in [0.25, 0.3) is 0 Å². The van der Waals surface area contributed by atoms with Crippen LogP contribution in [0.2, 0.25) is 0 Å². The summed E-state index contributed by atoms with van der Waals surface area (Å²) in [5.41, 5.74) is 5.31. The Morgan fingerprint density at radius 1 is 1.21 bits per heavy atom. The standard InChI is InChI=1S/C10H11Br2NO/c11-8-4-3-5-9(12)10(8)14-7-2-1-6-13/h1-5H,6-7,13H2. The molecule has 0 unspecified atom stereocenters. The van der Waals surface area contributed by atoms with Crippen molar-refractivity contribution in [3.63, 3.8) is 0 Å². The summed E-state index contributed by atoms with van der Waals surface area (Å²) in [7, 11) is 0. The minimum Gasteiger partial charge on any atom is -0.487 e. The Hall–Kier alpha value is -0.320. The van der Waals surface area contributed by atoms with Crippen LogP contribution in [-0.4, -0.2) is 13.2 Å². The van der Waals surface area contributed by atoms with E-state index in [1.165, 1.54) is 0 Å². The van der Waals surface area contributed by atoms with Gasteiger partial charge in [-0.1, -0.05) is 18.2 Å². The van der Waals surface area contributed by atoms with Crippen LogP contribution in [-0.2, 0) is 0 Å². The molecule has 0 fully saturated rings. The van der Waals surface area contributed by atoms with Gasteiger partial charge in [-0.05, 0) is 44.0 Å². The smallest absolute Gasteiger partial charge is 0.148 e. The van der Waals surface area contributed by atoms with Crippen molar-refractivity contribution in [2.75, 3.05) is 13.2 Å². The molecule has 0 radical (unpaired) electrons. The number of benzene rings is 1. The number of hydrogen-bond acceptors (Lipinski definition) is 2. The first-order valence-corrected chi connectivity index (χ1v) is 5.76. The number of rotatable bonds is 4. The molecule has 0 aliphatic carbocycles. The van der Waals surface area contributed by atoms with Crippen LogP contribution < -0.4 is 10.5 Å². The topological polar surface area (TPSA) is 35.2 Å². The number of ether oxygens (including phenoxy) is 1. The largest absolute Gasteiger partial charge is 0.487 e. The lowest BCUT2D eigenvalue weighted by Gasteiger charge is -2.07. The Labute approximate surface area is 100 Å². The Bertz CT molecular complexity index is 306. The van der Waals surface area contributed by atoms with Gasteiger partial charge in [-0.15, -0.1) is 0 Å². The van der Waals surface area contributed by atoms with Crippen molar-refractivity contribution in [1.29, 1.82) is 0 Å². The normalized spacial score (nSPS) is 10.8. The van der Waals surface area contributed by atoms with Gasteiger partial charge in [-0.2, -0.15) is 0 Å². The first kappa shape index (κ1) is 11.8. The summed E-state index contributed by atoms with van der Waals surface area (Å²) in [6.45, 7) is 1.07. The Kier molecular flexibility index (Phi) is 5.22. The maximum Gasteiger partial charge on any atom is 0.148 e. The molecule has 0 bridgehead atoms. The van der Waals surface area contributed by atoms with Gasteiger partial charge in [0.25, 0.3) is 0 Å². The van der Waals surface area contributed by atoms with Crippen LogP contribution in [0.1, 0.15) is 0 Å². The summed E-state index contributed by atoms with van der Waals surface area (Å²) in [6.07, 6.45) is 3.76. The summed E-state index contributed by atoms with van der Waals surface area (Å²) >= 11 is 6.82. The third kappa shape index (κ3) is 3.44. The number of halogens is 2. The molecule has 0 spiro atoms. The minimum atomic E-state index is 0.526. The second-order valence-electron chi connectivity index (χ2n) is 2.57. The highest BCUT2D eigenvalue weighted by Crippen LogP contribution is 2.32. The first-order valence-electron chi connectivity index (χ1n) is 4.17. The van der Waals surface area contributed by atoms with Crippen molar-refractivity contribution >= 4 is 31.9 Å². The average molecular weight is 321 g/mol. The highest BCUT2D eigenvalue weighted by molar-refractivity contribution is 9.11. The molecular weight excluding hydrogens is 310 g/mol. The van der Waals surface area contributed by atoms with Gasteiger partial charge in [0.1, 0.15) is 12.4 Å². The van der Waals surface area contributed by atoms with E-state index in [4.69, 9.17) is 10.5 Å². The third-order valence-corrected chi connectivity index (χ3v) is 2.79. The summed E-state index contributed by atoms with van der Waals surface area (Å²) in [4.78, 5) is 0. The lowest BCUT2D eigenvalue weighted by Crippen LogP contribution is -1.98. The molecule has 1 aromatic carbocycles. The molecule has 14 heavy (non-hydrogen) atoms. The van der Waals surface area contributed by atoms with Crippen molar-refractivity contribution < 1.29 is 4.74 Å². The van der Waals surface area contributed by atoms with E-state index in [2.05, 4.69) is 31.9 Å². The SMILES string of the molecule is NCC=CCOc1c(Br)cccc1Br. The molecule has 4 heteroatoms. The van der Waals surface area contributed by atoms with Crippen LogP contribution in [0.3, 0.4) is 0 Å². The zero-order valence-corrected chi connectivity index (χ0v) is 10.7. The van der Waals surface area contributed by atoms with Crippen molar-refractivity contribution in [1.82, 2.24) is 0 Å². The van der Waals surface area contributed by atoms with E-state index in [0.717, 1.165) is 14.7 Å². The Morgan fingerprint density at radius 3 is 2.43 bits per heavy atom. The average Bonchev–Trinajstić information content (AvgIpc) is 2.16. The minimum absolute atomic E-state index is 0.526. The van der Waals surface area contributed by atoms with E-state index < -0.39 is 0 Å². The first-order chi connectivity index (χ1) is 6.75. The molecular formula is C10H11Br2NO. The zero-order chi connectivity index (χ0) is 10.4. The fraction of sp³-hybridized carbons (Fsp3) is 0.200. The lowest BCUT2D eigenvalue weighted by atomic mass is 10.3. The van der Waals surface area contributed by atoms with E-state index >= 15 is 0 Å². The van der Waals surface area contributed by atoms with Gasteiger partial charge in [-0.25, -0.2) is 0 Å². The third-order valence-electron chi connectivity index (χ3n) is 1.55. The molecule has 76 valence electrons. The maximum atomic E-state index is 5.53. The predicted octanol–water partition coefficient (Wildman–Crippen LogP) is 3.11. The van der Waals surface area contributed by atoms with Gasteiger partial charge in [0.05, 0.1) is 8.95 Å². The van der Waals surface area contributed by atoms with Crippen LogP contribution >= 0.6 is 31.9 Å². The summed E-state index contributed by atoms with van der Waals surface area (Å²) in [6, 6.07) is 5.82. The fourth-order valence-corrected chi connectivity index (χ4v) is 2.14. The van der Waals surface area contributed by atoms with Crippen molar-refractivity contribution in [3.05, 3.63) is 39.3 Å². The molecule has 1 rings (SSSR count). The van der Waals surface area contributed by atoms with Crippen LogP contribution in [0.4, 0.5) is 0 Å². The molecule has 0 heterocycles. The van der Waals surface area contributed by atoms with E-state index in [-0.39, 0.29) is 0 Å². The van der Waals surface area contributed by atoms with Gasteiger partial charge >= 0.3 is 0 Å². The monoisotopic (exact) mass is 319 g/mol. The van der Waals surface area contributed by atoms with E-state index in [1.807, 2.05) is 30.4 Å². The number of hydrogen-bond donors (Lipinski definition) is 1. The maximum absolute atomic E-state index is 5.53. The molecule has 2 N–H and O–H groups in total. The quantitative estimate of drug-likeness (QED) is 0.865. The zero-order valence-electron chi connectivity index (χ0n) is 7.54. The van der Waals surface area contributed by atoms with Crippen LogP contribution in [0, 0.1) is 0 Å². The van der Waals surface area contributed by atoms with Crippen molar-refractivity contribution in [2.24, 2.45) is 5.73 Å². The highest BCUT2D eigenvalue weighted by atomic mass is 79.9. The summed E-state index contributed by atoms with van der Waals surface area (Å²) in [5, 5.41) is 0. The molecule has 0 saturated carbocycles. The van der Waals surface area contributed by atoms with E-state index in [0.29, 0.717) is 13.2 Å². The summed E-state index contributed by atoms with van der Waals surface area (Å²) in [5.74, 6) is 0.814. The second-order valence-corrected chi connectivity index (χ2v) is 4.28. The van der Waals surface area contributed by atoms with Gasteiger partial charge in [0.2, 0.25) is 0 Å². The lowest BCUT2D eigenvalue weighted by molar-refractivity contribution is 0.358. The predicted molar refractivity (Wildman–Crippen MR) is 65.5 cm³/mol. The molecule has 0 amide bonds. The van der Waals surface area contributed by atoms with Crippen molar-refractivity contribution in [3.8, 4) is 5.75 Å². The Morgan fingerprint density at radius 2 is 1.86 bits per heavy atom. The molecule has 0 aliphatic heterocycles. The molecule has 0 aromatic heterocycles. The van der Waals surface area contributed by atoms with Gasteiger partial charge < -0.3 is 10.5 Å². The molecule has 0 aliphatic rings. The molecule has 0 saturated heterocycles. The van der Waals surface area contributed by atoms with Crippen molar-refractivity contribution in [2.45, 2.75) is 0 Å². The van der Waals surface area contributed by atoms with Gasteiger partial charge in [0.15, 0.2) is 0 Å². The fourth-order valence-electron chi connectivity index (χ4n) is 0.916. The summed E-state index contributed by atoms with van der Waals surface area (Å²) < 4.78 is 7.41. The highest BCUT2D eigenvalue weighted by Gasteiger charge is 2.03. The van der Waals surface area contributed by atoms with Gasteiger partial charge in [0, 0.05) is 6.54 Å². The molecule has 0 atom stereocenters. The van der Waals surface area contributed by atoms with Crippen LogP contribution in [0.15, 0.2) is 39.3 Å². The molecule has 2 nitrogen and oxygen atoms in total. The van der Waals surface area contributed by atoms with E-state index in [9.17, 15) is 0 Å². The van der Waals surface area contributed by atoms with E-state index in [1.54, 1.807) is 0 Å². The molecule has 1 aromatic rings. The van der Waals surface area contributed by atoms with Crippen LogP contribution in [0.5, 0.6) is 5.75 Å². The van der Waals surface area contributed by atoms with Gasteiger partial charge in [-0.3, -0.25) is 0 Å². The number of nitrogens with two attached hydrogens (primary N) is 1. The number of para-hydroxylation sites is 1.